The molecule has 1 amide bonds. The third kappa shape index (κ3) is 3.21. The lowest BCUT2D eigenvalue weighted by Gasteiger charge is -2.25. The smallest absolute Gasteiger partial charge is 0.266 e. The number of amides is 1. The van der Waals surface area contributed by atoms with E-state index in [1.54, 1.807) is 11.1 Å². The highest BCUT2D eigenvalue weighted by atomic mass is 32.1. The third-order valence-corrected chi connectivity index (χ3v) is 5.23. The number of nitrogens with zero attached hydrogens (tertiary/aromatic N) is 3. The first-order chi connectivity index (χ1) is 11.6. The van der Waals surface area contributed by atoms with E-state index in [0.717, 1.165) is 22.0 Å². The fourth-order valence-corrected chi connectivity index (χ4v) is 3.51. The molecule has 0 spiro atoms. The summed E-state index contributed by atoms with van der Waals surface area (Å²) in [6.07, 6.45) is 1.73. The summed E-state index contributed by atoms with van der Waals surface area (Å²) in [4.78, 5) is 24.2. The number of thiazole rings is 1. The van der Waals surface area contributed by atoms with E-state index in [1.807, 2.05) is 69.4 Å². The molecular formula is C19H19N3OS. The third-order valence-electron chi connectivity index (χ3n) is 4.06. The van der Waals surface area contributed by atoms with Crippen molar-refractivity contribution >= 4 is 17.2 Å². The van der Waals surface area contributed by atoms with Crippen molar-refractivity contribution in [3.8, 4) is 10.7 Å². The first-order valence-electron chi connectivity index (χ1n) is 7.79. The molecule has 0 aliphatic carbocycles. The van der Waals surface area contributed by atoms with Gasteiger partial charge in [-0.2, -0.15) is 0 Å². The van der Waals surface area contributed by atoms with Gasteiger partial charge in [-0.15, -0.1) is 11.3 Å². The monoisotopic (exact) mass is 337 g/mol. The van der Waals surface area contributed by atoms with Crippen molar-refractivity contribution in [3.05, 3.63) is 70.9 Å². The number of carbonyl (C=O) groups excluding carboxylic acids is 1. The molecule has 1 unspecified atom stereocenters. The van der Waals surface area contributed by atoms with E-state index < -0.39 is 0 Å². The molecule has 0 radical (unpaired) electrons. The number of aryl methyl sites for hydroxylation is 1. The summed E-state index contributed by atoms with van der Waals surface area (Å²) in [6, 6.07) is 15.7. The van der Waals surface area contributed by atoms with Crippen LogP contribution >= 0.6 is 11.3 Å². The zero-order valence-electron chi connectivity index (χ0n) is 13.9. The van der Waals surface area contributed by atoms with Crippen LogP contribution in [0, 0.1) is 6.92 Å². The number of aromatic nitrogens is 2. The number of benzene rings is 1. The van der Waals surface area contributed by atoms with Gasteiger partial charge in [0.15, 0.2) is 0 Å². The first kappa shape index (κ1) is 16.3. The van der Waals surface area contributed by atoms with Crippen LogP contribution in [0.2, 0.25) is 0 Å². The predicted molar refractivity (Wildman–Crippen MR) is 97.0 cm³/mol. The van der Waals surface area contributed by atoms with E-state index in [1.165, 1.54) is 11.3 Å². The molecule has 3 rings (SSSR count). The van der Waals surface area contributed by atoms with Crippen LogP contribution in [-0.4, -0.2) is 27.8 Å². The van der Waals surface area contributed by atoms with Crippen molar-refractivity contribution < 1.29 is 4.79 Å². The maximum atomic E-state index is 12.9. The van der Waals surface area contributed by atoms with Crippen molar-refractivity contribution in [2.24, 2.45) is 0 Å². The molecule has 0 aliphatic rings. The normalized spacial score (nSPS) is 12.0. The van der Waals surface area contributed by atoms with E-state index >= 15 is 0 Å². The minimum atomic E-state index is -0.0106. The van der Waals surface area contributed by atoms with Crippen molar-refractivity contribution in [1.82, 2.24) is 14.9 Å². The molecule has 1 aromatic carbocycles. The summed E-state index contributed by atoms with van der Waals surface area (Å²) in [6.45, 7) is 3.90. The maximum Gasteiger partial charge on any atom is 0.266 e. The molecule has 0 saturated heterocycles. The van der Waals surface area contributed by atoms with Gasteiger partial charge in [-0.1, -0.05) is 36.4 Å². The second kappa shape index (κ2) is 6.93. The maximum absolute atomic E-state index is 12.9. The summed E-state index contributed by atoms with van der Waals surface area (Å²) < 4.78 is 0. The number of rotatable bonds is 4. The first-order valence-corrected chi connectivity index (χ1v) is 8.60. The predicted octanol–water partition coefficient (Wildman–Crippen LogP) is 4.35. The molecule has 0 saturated carbocycles. The number of hydrogen-bond acceptors (Lipinski definition) is 4. The largest absolute Gasteiger partial charge is 0.334 e. The summed E-state index contributed by atoms with van der Waals surface area (Å²) in [5.74, 6) is -0.0106. The van der Waals surface area contributed by atoms with Crippen LogP contribution in [0.15, 0.2) is 54.7 Å². The number of pyridine rings is 1. The second-order valence-corrected chi connectivity index (χ2v) is 6.65. The lowest BCUT2D eigenvalue weighted by Crippen LogP contribution is -2.29. The van der Waals surface area contributed by atoms with Gasteiger partial charge < -0.3 is 4.90 Å². The molecule has 24 heavy (non-hydrogen) atoms. The summed E-state index contributed by atoms with van der Waals surface area (Å²) in [5.41, 5.74) is 2.65. The fraction of sp³-hybridized carbons (Fsp3) is 0.211. The topological polar surface area (TPSA) is 46.1 Å². The lowest BCUT2D eigenvalue weighted by molar-refractivity contribution is 0.0746. The Morgan fingerprint density at radius 3 is 2.50 bits per heavy atom. The molecule has 1 atom stereocenters. The molecule has 2 aromatic heterocycles. The lowest BCUT2D eigenvalue weighted by atomic mass is 10.1. The summed E-state index contributed by atoms with van der Waals surface area (Å²) >= 11 is 1.40. The van der Waals surface area contributed by atoms with E-state index in [0.29, 0.717) is 4.88 Å². The van der Waals surface area contributed by atoms with Gasteiger partial charge >= 0.3 is 0 Å². The van der Waals surface area contributed by atoms with Gasteiger partial charge in [0, 0.05) is 13.2 Å². The van der Waals surface area contributed by atoms with Crippen LogP contribution in [0.3, 0.4) is 0 Å². The van der Waals surface area contributed by atoms with Crippen molar-refractivity contribution in [2.75, 3.05) is 7.05 Å². The SMILES string of the molecule is Cc1nc(-c2ccccn2)sc1C(=O)N(C)C(C)c1ccccc1. The molecular weight excluding hydrogens is 318 g/mol. The summed E-state index contributed by atoms with van der Waals surface area (Å²) in [7, 11) is 1.83. The number of hydrogen-bond donors (Lipinski definition) is 0. The quantitative estimate of drug-likeness (QED) is 0.711. The minimum absolute atomic E-state index is 0.00139. The fourth-order valence-electron chi connectivity index (χ4n) is 2.48. The number of carbonyl (C=O) groups is 1. The van der Waals surface area contributed by atoms with Crippen LogP contribution in [-0.2, 0) is 0 Å². The molecule has 122 valence electrons. The van der Waals surface area contributed by atoms with Crippen LogP contribution < -0.4 is 0 Å². The Morgan fingerprint density at radius 1 is 1.12 bits per heavy atom. The van der Waals surface area contributed by atoms with Gasteiger partial charge in [-0.3, -0.25) is 9.78 Å². The van der Waals surface area contributed by atoms with Crippen LogP contribution in [0.1, 0.15) is 33.9 Å². The van der Waals surface area contributed by atoms with Crippen molar-refractivity contribution in [2.45, 2.75) is 19.9 Å². The average Bonchev–Trinajstić information content (AvgIpc) is 3.03. The van der Waals surface area contributed by atoms with Gasteiger partial charge in [0.1, 0.15) is 9.88 Å². The Bertz CT molecular complexity index is 830. The van der Waals surface area contributed by atoms with Gasteiger partial charge in [0.2, 0.25) is 0 Å². The van der Waals surface area contributed by atoms with Crippen molar-refractivity contribution in [1.29, 1.82) is 0 Å². The molecule has 0 fully saturated rings. The summed E-state index contributed by atoms with van der Waals surface area (Å²) in [5, 5.41) is 0.775. The molecule has 0 bridgehead atoms. The average molecular weight is 337 g/mol. The standard InChI is InChI=1S/C19H19N3OS/c1-13-17(24-18(21-13)16-11-7-8-12-20-16)19(23)22(3)14(2)15-9-5-4-6-10-15/h4-12,14H,1-3H3. The minimum Gasteiger partial charge on any atom is -0.334 e. The van der Waals surface area contributed by atoms with E-state index in [4.69, 9.17) is 0 Å². The Labute approximate surface area is 145 Å². The zero-order valence-corrected chi connectivity index (χ0v) is 14.7. The van der Waals surface area contributed by atoms with Crippen LogP contribution in [0.5, 0.6) is 0 Å². The molecule has 5 heteroatoms. The molecule has 0 aliphatic heterocycles. The van der Waals surface area contributed by atoms with Crippen LogP contribution in [0.4, 0.5) is 0 Å². The van der Waals surface area contributed by atoms with E-state index in [2.05, 4.69) is 9.97 Å². The van der Waals surface area contributed by atoms with Crippen LogP contribution in [0.25, 0.3) is 10.7 Å². The molecule has 3 aromatic rings. The Balaban J connectivity index is 1.86. The molecule has 0 N–H and O–H groups in total. The van der Waals surface area contributed by atoms with E-state index in [-0.39, 0.29) is 11.9 Å². The van der Waals surface area contributed by atoms with Gasteiger partial charge in [-0.25, -0.2) is 4.98 Å². The van der Waals surface area contributed by atoms with Gasteiger partial charge in [0.05, 0.1) is 17.4 Å². The highest BCUT2D eigenvalue weighted by Gasteiger charge is 2.23. The van der Waals surface area contributed by atoms with Gasteiger partial charge in [0.25, 0.3) is 5.91 Å². The Hall–Kier alpha value is -2.53. The molecule has 4 nitrogen and oxygen atoms in total. The van der Waals surface area contributed by atoms with E-state index in [9.17, 15) is 4.79 Å². The van der Waals surface area contributed by atoms with Crippen molar-refractivity contribution in [3.63, 3.8) is 0 Å². The zero-order chi connectivity index (χ0) is 17.1. The Kier molecular flexibility index (Phi) is 4.71. The highest BCUT2D eigenvalue weighted by molar-refractivity contribution is 7.17. The molecule has 2 heterocycles. The highest BCUT2D eigenvalue weighted by Crippen LogP contribution is 2.29. The Morgan fingerprint density at radius 2 is 1.83 bits per heavy atom. The second-order valence-electron chi connectivity index (χ2n) is 5.65. The van der Waals surface area contributed by atoms with Gasteiger partial charge in [-0.05, 0) is 31.5 Å².